The van der Waals surface area contributed by atoms with Crippen LogP contribution in [0.4, 0.5) is 0 Å². The zero-order valence-corrected chi connectivity index (χ0v) is 11.8. The maximum atomic E-state index is 9.99. The van der Waals surface area contributed by atoms with Crippen LogP contribution in [-0.2, 0) is 9.59 Å². The SMILES string of the molecule is C1C2CC3CC1CC(C2)C3.N[C@@H](CCC(=O)O)C(=O)O. The Hall–Kier alpha value is -1.10. The molecule has 114 valence electrons. The van der Waals surface area contributed by atoms with Gasteiger partial charge in [-0.25, -0.2) is 0 Å². The van der Waals surface area contributed by atoms with Gasteiger partial charge in [-0.15, -0.1) is 0 Å². The topological polar surface area (TPSA) is 101 Å². The summed E-state index contributed by atoms with van der Waals surface area (Å²) in [5.41, 5.74) is 5.00. The lowest BCUT2D eigenvalue weighted by molar-refractivity contribution is -0.139. The Morgan fingerprint density at radius 1 is 0.900 bits per heavy atom. The van der Waals surface area contributed by atoms with Gasteiger partial charge in [0, 0.05) is 6.42 Å². The van der Waals surface area contributed by atoms with E-state index in [9.17, 15) is 9.59 Å². The van der Waals surface area contributed by atoms with E-state index in [1.807, 2.05) is 0 Å². The van der Waals surface area contributed by atoms with Gasteiger partial charge in [0.1, 0.15) is 6.04 Å². The predicted molar refractivity (Wildman–Crippen MR) is 74.1 cm³/mol. The van der Waals surface area contributed by atoms with E-state index < -0.39 is 18.0 Å². The molecule has 0 aliphatic heterocycles. The van der Waals surface area contributed by atoms with Gasteiger partial charge in [-0.1, -0.05) is 0 Å². The molecule has 0 saturated heterocycles. The Balaban J connectivity index is 0.000000147. The van der Waals surface area contributed by atoms with Crippen LogP contribution in [-0.4, -0.2) is 28.2 Å². The summed E-state index contributed by atoms with van der Waals surface area (Å²) in [6.45, 7) is 0. The Morgan fingerprint density at radius 3 is 1.50 bits per heavy atom. The van der Waals surface area contributed by atoms with Crippen molar-refractivity contribution in [3.8, 4) is 0 Å². The summed E-state index contributed by atoms with van der Waals surface area (Å²) >= 11 is 0. The molecule has 1 atom stereocenters. The minimum absolute atomic E-state index is 0.0231. The highest BCUT2D eigenvalue weighted by Crippen LogP contribution is 2.53. The van der Waals surface area contributed by atoms with Crippen LogP contribution in [0.25, 0.3) is 0 Å². The summed E-state index contributed by atoms with van der Waals surface area (Å²) in [6, 6.07) is -1.06. The van der Waals surface area contributed by atoms with Crippen LogP contribution in [0.2, 0.25) is 0 Å². The lowest BCUT2D eigenvalue weighted by Gasteiger charge is -2.49. The molecule has 4 bridgehead atoms. The average molecular weight is 283 g/mol. The molecule has 4 aliphatic rings. The van der Waals surface area contributed by atoms with Gasteiger partial charge in [-0.2, -0.15) is 0 Å². The summed E-state index contributed by atoms with van der Waals surface area (Å²) in [4.78, 5) is 19.9. The molecule has 5 heteroatoms. The normalized spacial score (nSPS) is 35.0. The van der Waals surface area contributed by atoms with Crippen LogP contribution in [0, 0.1) is 23.7 Å². The van der Waals surface area contributed by atoms with Crippen LogP contribution in [0.15, 0.2) is 0 Å². The fraction of sp³-hybridized carbons (Fsp3) is 0.867. The first kappa shape index (κ1) is 15.3. The Labute approximate surface area is 119 Å². The molecule has 5 nitrogen and oxygen atoms in total. The minimum atomic E-state index is -1.17. The minimum Gasteiger partial charge on any atom is -0.481 e. The molecule has 0 aromatic carbocycles. The lowest BCUT2D eigenvalue weighted by Crippen LogP contribution is -2.38. The van der Waals surface area contributed by atoms with Gasteiger partial charge < -0.3 is 15.9 Å². The summed E-state index contributed by atoms with van der Waals surface area (Å²) in [5.74, 6) is 2.51. The molecule has 0 radical (unpaired) electrons. The van der Waals surface area contributed by atoms with Gasteiger partial charge in [0.2, 0.25) is 0 Å². The van der Waals surface area contributed by atoms with Gasteiger partial charge in [-0.05, 0) is 68.6 Å². The number of nitrogens with two attached hydrogens (primary N) is 1. The molecule has 0 amide bonds. The first-order valence-electron chi connectivity index (χ1n) is 7.64. The second kappa shape index (κ2) is 6.57. The second-order valence-corrected chi connectivity index (χ2v) is 6.76. The number of carbonyl (C=O) groups is 2. The van der Waals surface area contributed by atoms with Crippen molar-refractivity contribution in [2.45, 2.75) is 57.4 Å². The van der Waals surface area contributed by atoms with Crippen LogP contribution in [0.3, 0.4) is 0 Å². The highest BCUT2D eigenvalue weighted by Gasteiger charge is 2.41. The zero-order valence-electron chi connectivity index (χ0n) is 11.8. The van der Waals surface area contributed by atoms with E-state index in [0.29, 0.717) is 0 Å². The molecular formula is C15H25NO4. The van der Waals surface area contributed by atoms with Crippen molar-refractivity contribution in [2.24, 2.45) is 29.4 Å². The number of carboxylic acids is 2. The maximum absolute atomic E-state index is 9.99. The number of carboxylic acid groups (broad SMARTS) is 2. The standard InChI is InChI=1S/C10H16.C5H9NO4/c1-7-2-9-4-8(1)5-10(3-7)6-9;6-3(5(9)10)1-2-4(7)8/h7-10H,1-6H2;3H,1-2,6H2,(H,7,8)(H,9,10)/t;3-/m.0/s1. The first-order valence-corrected chi connectivity index (χ1v) is 7.64. The van der Waals surface area contributed by atoms with E-state index in [1.54, 1.807) is 38.5 Å². The maximum Gasteiger partial charge on any atom is 0.320 e. The molecular weight excluding hydrogens is 258 g/mol. The fourth-order valence-corrected chi connectivity index (χ4v) is 4.39. The third-order valence-electron chi connectivity index (χ3n) is 4.99. The van der Waals surface area contributed by atoms with Crippen molar-refractivity contribution in [3.63, 3.8) is 0 Å². The molecule has 4 saturated carbocycles. The van der Waals surface area contributed by atoms with Crippen molar-refractivity contribution in [2.75, 3.05) is 0 Å². The van der Waals surface area contributed by atoms with Crippen molar-refractivity contribution < 1.29 is 19.8 Å². The van der Waals surface area contributed by atoms with Crippen LogP contribution in [0.1, 0.15) is 51.4 Å². The highest BCUT2D eigenvalue weighted by atomic mass is 16.4. The average Bonchev–Trinajstić information content (AvgIpc) is 2.34. The smallest absolute Gasteiger partial charge is 0.320 e. The second-order valence-electron chi connectivity index (χ2n) is 6.76. The lowest BCUT2D eigenvalue weighted by atomic mass is 9.56. The molecule has 0 heterocycles. The van der Waals surface area contributed by atoms with Crippen LogP contribution >= 0.6 is 0 Å². The van der Waals surface area contributed by atoms with Gasteiger partial charge in [-0.3, -0.25) is 9.59 Å². The summed E-state index contributed by atoms with van der Waals surface area (Å²) in [5, 5.41) is 16.3. The monoisotopic (exact) mass is 283 g/mol. The van der Waals surface area contributed by atoms with Crippen molar-refractivity contribution in [1.82, 2.24) is 0 Å². The highest BCUT2D eigenvalue weighted by molar-refractivity contribution is 5.74. The summed E-state index contributed by atoms with van der Waals surface area (Å²) in [7, 11) is 0. The third kappa shape index (κ3) is 4.20. The van der Waals surface area contributed by atoms with Crippen molar-refractivity contribution in [3.05, 3.63) is 0 Å². The molecule has 20 heavy (non-hydrogen) atoms. The fourth-order valence-electron chi connectivity index (χ4n) is 4.39. The van der Waals surface area contributed by atoms with Crippen molar-refractivity contribution in [1.29, 1.82) is 0 Å². The van der Waals surface area contributed by atoms with E-state index in [1.165, 1.54) is 23.7 Å². The summed E-state index contributed by atoms with van der Waals surface area (Å²) < 4.78 is 0. The van der Waals surface area contributed by atoms with E-state index in [4.69, 9.17) is 15.9 Å². The molecule has 0 aromatic rings. The number of rotatable bonds is 4. The Kier molecular flexibility index (Phi) is 5.02. The van der Waals surface area contributed by atoms with E-state index in [0.717, 1.165) is 0 Å². The quantitative estimate of drug-likeness (QED) is 0.733. The predicted octanol–water partition coefficient (Wildman–Crippen LogP) is 2.10. The van der Waals surface area contributed by atoms with Gasteiger partial charge in [0.05, 0.1) is 0 Å². The van der Waals surface area contributed by atoms with E-state index in [2.05, 4.69) is 0 Å². The van der Waals surface area contributed by atoms with Crippen molar-refractivity contribution >= 4 is 11.9 Å². The van der Waals surface area contributed by atoms with Crippen LogP contribution < -0.4 is 5.73 Å². The van der Waals surface area contributed by atoms with Gasteiger partial charge >= 0.3 is 11.9 Å². The van der Waals surface area contributed by atoms with Gasteiger partial charge in [0.25, 0.3) is 0 Å². The number of hydrogen-bond donors (Lipinski definition) is 3. The van der Waals surface area contributed by atoms with Gasteiger partial charge in [0.15, 0.2) is 0 Å². The third-order valence-corrected chi connectivity index (χ3v) is 4.99. The molecule has 0 aromatic heterocycles. The Bertz CT molecular complexity index is 312. The number of hydrogen-bond acceptors (Lipinski definition) is 3. The molecule has 4 N–H and O–H groups in total. The van der Waals surface area contributed by atoms with Crippen LogP contribution in [0.5, 0.6) is 0 Å². The molecule has 4 fully saturated rings. The Morgan fingerprint density at radius 2 is 1.25 bits per heavy atom. The largest absolute Gasteiger partial charge is 0.481 e. The summed E-state index contributed by atoms with van der Waals surface area (Å²) in [6.07, 6.45) is 9.40. The van der Waals surface area contributed by atoms with E-state index >= 15 is 0 Å². The zero-order chi connectivity index (χ0) is 14.7. The first-order chi connectivity index (χ1) is 9.44. The number of aliphatic carboxylic acids is 2. The molecule has 4 rings (SSSR count). The molecule has 0 unspecified atom stereocenters. The molecule has 0 spiro atoms. The van der Waals surface area contributed by atoms with E-state index in [-0.39, 0.29) is 12.8 Å². The molecule has 4 aliphatic carbocycles.